The van der Waals surface area contributed by atoms with E-state index in [1.165, 1.54) is 6.07 Å². The number of nitrogens with zero attached hydrogens (tertiary/aromatic N) is 3. The first-order valence-electron chi connectivity index (χ1n) is 11.7. The number of furan rings is 1. The average molecular weight is 554 g/mol. The first kappa shape index (κ1) is 26.2. The van der Waals surface area contributed by atoms with Crippen molar-refractivity contribution in [1.82, 2.24) is 14.8 Å². The lowest BCUT2D eigenvalue weighted by Gasteiger charge is -2.12. The molecule has 0 unspecified atom stereocenters. The SMILES string of the molecule is Cc1ccc(-c2cc(C(F)(F)F)nc3sc(C(N)=O)c(NC(=O)c4ccc(Cn5nc(C)cc5C)o4)c23)cc1. The minimum atomic E-state index is -4.73. The fraction of sp³-hybridized carbons (Fsp3) is 0.185. The Morgan fingerprint density at radius 3 is 2.41 bits per heavy atom. The summed E-state index contributed by atoms with van der Waals surface area (Å²) in [6, 6.07) is 12.7. The van der Waals surface area contributed by atoms with E-state index in [1.54, 1.807) is 35.0 Å². The molecule has 0 aliphatic carbocycles. The fourth-order valence-corrected chi connectivity index (χ4v) is 5.25. The van der Waals surface area contributed by atoms with E-state index in [0.29, 0.717) is 29.2 Å². The van der Waals surface area contributed by atoms with Crippen molar-refractivity contribution in [2.45, 2.75) is 33.5 Å². The maximum absolute atomic E-state index is 13.7. The number of thiophene rings is 1. The third-order valence-corrected chi connectivity index (χ3v) is 7.17. The number of nitrogens with one attached hydrogen (secondary N) is 1. The Balaban J connectivity index is 1.58. The number of pyridine rings is 1. The summed E-state index contributed by atoms with van der Waals surface area (Å²) in [4.78, 5) is 29.1. The Morgan fingerprint density at radius 1 is 1.08 bits per heavy atom. The lowest BCUT2D eigenvalue weighted by atomic mass is 10.00. The van der Waals surface area contributed by atoms with Crippen molar-refractivity contribution in [3.8, 4) is 11.1 Å². The molecule has 2 amide bonds. The lowest BCUT2D eigenvalue weighted by molar-refractivity contribution is -0.140. The van der Waals surface area contributed by atoms with Crippen LogP contribution in [0.5, 0.6) is 0 Å². The largest absolute Gasteiger partial charge is 0.454 e. The number of anilines is 1. The first-order chi connectivity index (χ1) is 18.4. The van der Waals surface area contributed by atoms with E-state index in [2.05, 4.69) is 15.4 Å². The van der Waals surface area contributed by atoms with Gasteiger partial charge in [0.25, 0.3) is 11.8 Å². The van der Waals surface area contributed by atoms with E-state index in [1.807, 2.05) is 26.8 Å². The predicted octanol–water partition coefficient (Wildman–Crippen LogP) is 6.10. The quantitative estimate of drug-likeness (QED) is 0.264. The van der Waals surface area contributed by atoms with Crippen LogP contribution in [0.4, 0.5) is 18.9 Å². The molecule has 0 aliphatic rings. The van der Waals surface area contributed by atoms with E-state index in [0.717, 1.165) is 23.0 Å². The molecule has 0 aliphatic heterocycles. The topological polar surface area (TPSA) is 116 Å². The van der Waals surface area contributed by atoms with Gasteiger partial charge in [0.1, 0.15) is 21.2 Å². The van der Waals surface area contributed by atoms with Crippen LogP contribution in [0.2, 0.25) is 0 Å². The zero-order chi connectivity index (χ0) is 28.1. The van der Waals surface area contributed by atoms with E-state index in [4.69, 9.17) is 10.2 Å². The van der Waals surface area contributed by atoms with Gasteiger partial charge in [0.2, 0.25) is 0 Å². The summed E-state index contributed by atoms with van der Waals surface area (Å²) in [5.41, 5.74) is 7.68. The van der Waals surface area contributed by atoms with Crippen LogP contribution in [0.1, 0.15) is 48.6 Å². The van der Waals surface area contributed by atoms with Crippen LogP contribution in [0, 0.1) is 20.8 Å². The number of aromatic nitrogens is 3. The van der Waals surface area contributed by atoms with Gasteiger partial charge in [-0.15, -0.1) is 11.3 Å². The van der Waals surface area contributed by atoms with E-state index in [9.17, 15) is 22.8 Å². The third kappa shape index (κ3) is 5.15. The molecule has 1 aromatic carbocycles. The monoisotopic (exact) mass is 553 g/mol. The molecule has 0 fully saturated rings. The number of primary amides is 1. The van der Waals surface area contributed by atoms with Crippen molar-refractivity contribution >= 4 is 39.1 Å². The van der Waals surface area contributed by atoms with Crippen molar-refractivity contribution in [3.63, 3.8) is 0 Å². The number of rotatable bonds is 6. The molecule has 5 rings (SSSR count). The van der Waals surface area contributed by atoms with Crippen molar-refractivity contribution in [3.05, 3.63) is 87.6 Å². The summed E-state index contributed by atoms with van der Waals surface area (Å²) >= 11 is 0.680. The Bertz CT molecular complexity index is 1730. The zero-order valence-corrected chi connectivity index (χ0v) is 21.8. The van der Waals surface area contributed by atoms with Gasteiger partial charge in [-0.05, 0) is 56.2 Å². The normalized spacial score (nSPS) is 11.7. The van der Waals surface area contributed by atoms with Crippen molar-refractivity contribution < 1.29 is 27.2 Å². The van der Waals surface area contributed by atoms with Crippen molar-refractivity contribution in [1.29, 1.82) is 0 Å². The van der Waals surface area contributed by atoms with Crippen LogP contribution >= 0.6 is 11.3 Å². The number of benzene rings is 1. The molecule has 0 saturated heterocycles. The molecule has 200 valence electrons. The summed E-state index contributed by atoms with van der Waals surface area (Å²) < 4.78 is 48.6. The molecule has 4 aromatic heterocycles. The number of hydrogen-bond donors (Lipinski definition) is 2. The summed E-state index contributed by atoms with van der Waals surface area (Å²) in [7, 11) is 0. The van der Waals surface area contributed by atoms with E-state index < -0.39 is 23.7 Å². The van der Waals surface area contributed by atoms with Gasteiger partial charge in [-0.25, -0.2) is 4.98 Å². The maximum Gasteiger partial charge on any atom is 0.433 e. The predicted molar refractivity (Wildman–Crippen MR) is 141 cm³/mol. The number of nitrogens with two attached hydrogens (primary N) is 1. The minimum absolute atomic E-state index is 0.0270. The van der Waals surface area contributed by atoms with Crippen LogP contribution in [-0.2, 0) is 12.7 Å². The molecule has 0 spiro atoms. The Labute approximate surface area is 224 Å². The number of amides is 2. The molecule has 39 heavy (non-hydrogen) atoms. The highest BCUT2D eigenvalue weighted by atomic mass is 32.1. The molecule has 0 radical (unpaired) electrons. The van der Waals surface area contributed by atoms with Crippen LogP contribution in [0.15, 0.2) is 52.9 Å². The number of alkyl halides is 3. The Morgan fingerprint density at radius 2 is 1.79 bits per heavy atom. The minimum Gasteiger partial charge on any atom is -0.454 e. The van der Waals surface area contributed by atoms with Crippen LogP contribution < -0.4 is 11.1 Å². The molecule has 5 aromatic rings. The smallest absolute Gasteiger partial charge is 0.433 e. The van der Waals surface area contributed by atoms with Gasteiger partial charge in [-0.2, -0.15) is 18.3 Å². The lowest BCUT2D eigenvalue weighted by Crippen LogP contribution is -2.16. The van der Waals surface area contributed by atoms with E-state index in [-0.39, 0.29) is 32.1 Å². The van der Waals surface area contributed by atoms with Crippen molar-refractivity contribution in [2.75, 3.05) is 5.32 Å². The zero-order valence-electron chi connectivity index (χ0n) is 21.0. The van der Waals surface area contributed by atoms with Crippen LogP contribution in [0.3, 0.4) is 0 Å². The Kier molecular flexibility index (Phi) is 6.51. The highest BCUT2D eigenvalue weighted by molar-refractivity contribution is 7.21. The second-order valence-corrected chi connectivity index (χ2v) is 10.1. The molecule has 0 bridgehead atoms. The fourth-order valence-electron chi connectivity index (χ4n) is 4.24. The number of halogens is 3. The van der Waals surface area contributed by atoms with Gasteiger partial charge in [-0.1, -0.05) is 29.8 Å². The summed E-state index contributed by atoms with van der Waals surface area (Å²) in [5, 5.41) is 7.18. The van der Waals surface area contributed by atoms with Crippen LogP contribution in [0.25, 0.3) is 21.3 Å². The number of fused-ring (bicyclic) bond motifs is 1. The van der Waals surface area contributed by atoms with Gasteiger partial charge >= 0.3 is 6.18 Å². The summed E-state index contributed by atoms with van der Waals surface area (Å²) in [6.45, 7) is 5.90. The van der Waals surface area contributed by atoms with E-state index >= 15 is 0 Å². The van der Waals surface area contributed by atoms with Gasteiger partial charge in [0.05, 0.1) is 17.9 Å². The van der Waals surface area contributed by atoms with Crippen LogP contribution in [-0.4, -0.2) is 26.6 Å². The number of carbonyl (C=O) groups is 2. The molecular weight excluding hydrogens is 531 g/mol. The maximum atomic E-state index is 13.7. The first-order valence-corrected chi connectivity index (χ1v) is 12.5. The molecule has 3 N–H and O–H groups in total. The number of carbonyl (C=O) groups excluding carboxylic acids is 2. The van der Waals surface area contributed by atoms with Crippen molar-refractivity contribution in [2.24, 2.45) is 5.73 Å². The highest BCUT2D eigenvalue weighted by Gasteiger charge is 2.35. The molecule has 12 heteroatoms. The summed E-state index contributed by atoms with van der Waals surface area (Å²) in [6.07, 6.45) is -4.73. The second-order valence-electron chi connectivity index (χ2n) is 9.07. The van der Waals surface area contributed by atoms with Gasteiger partial charge in [0, 0.05) is 11.1 Å². The second kappa shape index (κ2) is 9.70. The third-order valence-electron chi connectivity index (χ3n) is 6.07. The van der Waals surface area contributed by atoms with Gasteiger partial charge < -0.3 is 15.5 Å². The standard InChI is InChI=1S/C27H22F3N5O3S/c1-13-4-6-16(7-5-13)18-11-20(27(28,29)30)32-26-21(18)22(23(39-26)24(31)36)33-25(37)19-9-8-17(38-19)12-35-15(3)10-14(2)34-35/h4-11H,12H2,1-3H3,(H2,31,36)(H,33,37). The summed E-state index contributed by atoms with van der Waals surface area (Å²) in [5.74, 6) is -1.21. The molecule has 0 atom stereocenters. The van der Waals surface area contributed by atoms with Gasteiger partial charge in [0.15, 0.2) is 5.76 Å². The number of hydrogen-bond acceptors (Lipinski definition) is 6. The molecular formula is C27H22F3N5O3S. The highest BCUT2D eigenvalue weighted by Crippen LogP contribution is 2.43. The molecule has 0 saturated carbocycles. The Hall–Kier alpha value is -4.45. The number of aryl methyl sites for hydroxylation is 3. The molecule has 8 nitrogen and oxygen atoms in total. The average Bonchev–Trinajstić information content (AvgIpc) is 3.56. The molecule has 4 heterocycles. The van der Waals surface area contributed by atoms with Gasteiger partial charge in [-0.3, -0.25) is 14.3 Å².